The first-order chi connectivity index (χ1) is 11.4. The molecule has 128 valence electrons. The molecule has 0 unspecified atom stereocenters. The summed E-state index contributed by atoms with van der Waals surface area (Å²) in [5.74, 6) is -0.913. The fourth-order valence-corrected chi connectivity index (χ4v) is 2.61. The number of nitrogens with two attached hydrogens (primary N) is 1. The van der Waals surface area contributed by atoms with Crippen LogP contribution in [0.2, 0.25) is 5.02 Å². The number of carbonyl (C=O) groups excluding carboxylic acids is 1. The summed E-state index contributed by atoms with van der Waals surface area (Å²) >= 11 is 5.86. The minimum absolute atomic E-state index is 0.204. The van der Waals surface area contributed by atoms with Crippen LogP contribution in [-0.4, -0.2) is 60.9 Å². The standard InChI is InChI=1S/C14H15ClN4O5/c15-7-3-1-6(2-4-7)13-17-12(11(16)23)18-19(13)14-10(22)9(21)8(5-20)24-14/h1-4,8-10,14,20-22H,5H2,(H2,16,23)/t8-,9-,10-,14-/m1/s1. The first-order valence-electron chi connectivity index (χ1n) is 7.07. The van der Waals surface area contributed by atoms with Gasteiger partial charge in [0.05, 0.1) is 6.61 Å². The van der Waals surface area contributed by atoms with Crippen LogP contribution >= 0.6 is 11.6 Å². The van der Waals surface area contributed by atoms with Gasteiger partial charge in [0.15, 0.2) is 12.1 Å². The van der Waals surface area contributed by atoms with E-state index in [1.54, 1.807) is 24.3 Å². The summed E-state index contributed by atoms with van der Waals surface area (Å²) in [5.41, 5.74) is 5.77. The number of amides is 1. The van der Waals surface area contributed by atoms with Crippen molar-refractivity contribution in [1.29, 1.82) is 0 Å². The molecule has 9 nitrogen and oxygen atoms in total. The summed E-state index contributed by atoms with van der Waals surface area (Å²) in [7, 11) is 0. The molecule has 0 aliphatic carbocycles. The van der Waals surface area contributed by atoms with Gasteiger partial charge >= 0.3 is 0 Å². The first kappa shape index (κ1) is 16.8. The smallest absolute Gasteiger partial charge is 0.288 e. The fraction of sp³-hybridized carbons (Fsp3) is 0.357. The number of hydrogen-bond acceptors (Lipinski definition) is 7. The Morgan fingerprint density at radius 2 is 1.96 bits per heavy atom. The number of nitrogens with zero attached hydrogens (tertiary/aromatic N) is 3. The predicted octanol–water partition coefficient (Wildman–Crippen LogP) is -0.691. The van der Waals surface area contributed by atoms with Crippen LogP contribution in [0.5, 0.6) is 0 Å². The van der Waals surface area contributed by atoms with Gasteiger partial charge in [-0.25, -0.2) is 9.67 Å². The molecule has 10 heteroatoms. The Morgan fingerprint density at radius 3 is 2.50 bits per heavy atom. The molecule has 1 aliphatic heterocycles. The number of aliphatic hydroxyl groups excluding tert-OH is 3. The largest absolute Gasteiger partial charge is 0.394 e. The number of aliphatic hydroxyl groups is 3. The van der Waals surface area contributed by atoms with Crippen molar-refractivity contribution in [2.24, 2.45) is 5.73 Å². The van der Waals surface area contributed by atoms with Gasteiger partial charge < -0.3 is 25.8 Å². The second-order valence-corrected chi connectivity index (χ2v) is 5.74. The van der Waals surface area contributed by atoms with Gasteiger partial charge in [0.2, 0.25) is 5.82 Å². The zero-order valence-electron chi connectivity index (χ0n) is 12.3. The van der Waals surface area contributed by atoms with Gasteiger partial charge in [-0.15, -0.1) is 5.10 Å². The van der Waals surface area contributed by atoms with Crippen molar-refractivity contribution in [3.63, 3.8) is 0 Å². The maximum Gasteiger partial charge on any atom is 0.288 e. The number of hydrogen-bond donors (Lipinski definition) is 4. The molecule has 24 heavy (non-hydrogen) atoms. The van der Waals surface area contributed by atoms with E-state index in [-0.39, 0.29) is 11.6 Å². The molecule has 5 N–H and O–H groups in total. The highest BCUT2D eigenvalue weighted by atomic mass is 35.5. The van der Waals surface area contributed by atoms with Crippen molar-refractivity contribution < 1.29 is 24.9 Å². The summed E-state index contributed by atoms with van der Waals surface area (Å²) in [4.78, 5) is 15.5. The van der Waals surface area contributed by atoms with Crippen LogP contribution in [0, 0.1) is 0 Å². The van der Waals surface area contributed by atoms with Crippen LogP contribution in [0.25, 0.3) is 11.4 Å². The third-order valence-corrected chi connectivity index (χ3v) is 3.96. The van der Waals surface area contributed by atoms with E-state index >= 15 is 0 Å². The van der Waals surface area contributed by atoms with E-state index in [1.807, 2.05) is 0 Å². The van der Waals surface area contributed by atoms with Gasteiger partial charge in [0, 0.05) is 10.6 Å². The Balaban J connectivity index is 2.06. The first-order valence-corrected chi connectivity index (χ1v) is 7.45. The number of halogens is 1. The number of carbonyl (C=O) groups is 1. The van der Waals surface area contributed by atoms with E-state index in [2.05, 4.69) is 10.1 Å². The number of ether oxygens (including phenoxy) is 1. The van der Waals surface area contributed by atoms with Gasteiger partial charge in [0.25, 0.3) is 5.91 Å². The molecule has 1 aromatic heterocycles. The third-order valence-electron chi connectivity index (χ3n) is 3.71. The lowest BCUT2D eigenvalue weighted by Gasteiger charge is -2.17. The minimum Gasteiger partial charge on any atom is -0.394 e. The highest BCUT2D eigenvalue weighted by Gasteiger charge is 2.45. The molecular weight excluding hydrogens is 340 g/mol. The Hall–Kier alpha value is -2.04. The number of benzene rings is 1. The van der Waals surface area contributed by atoms with Crippen LogP contribution in [0.1, 0.15) is 16.8 Å². The lowest BCUT2D eigenvalue weighted by Crippen LogP contribution is -2.33. The monoisotopic (exact) mass is 354 g/mol. The zero-order chi connectivity index (χ0) is 17.4. The average Bonchev–Trinajstić information content (AvgIpc) is 3.11. The topological polar surface area (TPSA) is 144 Å². The van der Waals surface area contributed by atoms with E-state index in [0.29, 0.717) is 10.6 Å². The molecule has 0 saturated carbocycles. The summed E-state index contributed by atoms with van der Waals surface area (Å²) < 4.78 is 6.59. The molecule has 0 spiro atoms. The summed E-state index contributed by atoms with van der Waals surface area (Å²) in [5, 5.41) is 33.7. The van der Waals surface area contributed by atoms with Gasteiger partial charge in [0.1, 0.15) is 18.3 Å². The van der Waals surface area contributed by atoms with E-state index < -0.39 is 37.1 Å². The summed E-state index contributed by atoms with van der Waals surface area (Å²) in [6, 6.07) is 6.54. The maximum atomic E-state index is 11.4. The van der Waals surface area contributed by atoms with Crippen LogP contribution in [0.15, 0.2) is 24.3 Å². The lowest BCUT2D eigenvalue weighted by atomic mass is 10.1. The van der Waals surface area contributed by atoms with Crippen molar-refractivity contribution in [1.82, 2.24) is 14.8 Å². The molecule has 3 rings (SSSR count). The van der Waals surface area contributed by atoms with Gasteiger partial charge in [-0.2, -0.15) is 0 Å². The molecule has 1 aromatic carbocycles. The number of rotatable bonds is 4. The van der Waals surface area contributed by atoms with Gasteiger partial charge in [-0.1, -0.05) is 11.6 Å². The molecular formula is C14H15ClN4O5. The van der Waals surface area contributed by atoms with Gasteiger partial charge in [-0.3, -0.25) is 4.79 Å². The van der Waals surface area contributed by atoms with Crippen molar-refractivity contribution in [3.8, 4) is 11.4 Å². The Kier molecular flexibility index (Phi) is 4.52. The molecule has 1 aliphatic rings. The van der Waals surface area contributed by atoms with Crippen molar-refractivity contribution >= 4 is 17.5 Å². The van der Waals surface area contributed by atoms with Gasteiger partial charge in [-0.05, 0) is 24.3 Å². The molecule has 1 saturated heterocycles. The van der Waals surface area contributed by atoms with Crippen molar-refractivity contribution in [2.45, 2.75) is 24.5 Å². The van der Waals surface area contributed by atoms with E-state index in [9.17, 15) is 20.1 Å². The molecule has 0 bridgehead atoms. The lowest BCUT2D eigenvalue weighted by molar-refractivity contribution is -0.0579. The van der Waals surface area contributed by atoms with E-state index in [4.69, 9.17) is 22.1 Å². The summed E-state index contributed by atoms with van der Waals surface area (Å²) in [6.07, 6.45) is -4.79. The molecule has 0 radical (unpaired) electrons. The molecule has 1 amide bonds. The molecule has 4 atom stereocenters. The number of primary amides is 1. The predicted molar refractivity (Wildman–Crippen MR) is 82.0 cm³/mol. The van der Waals surface area contributed by atoms with Crippen LogP contribution in [0.4, 0.5) is 0 Å². The Morgan fingerprint density at radius 1 is 1.29 bits per heavy atom. The fourth-order valence-electron chi connectivity index (χ4n) is 2.48. The second-order valence-electron chi connectivity index (χ2n) is 5.30. The Bertz CT molecular complexity index is 750. The zero-order valence-corrected chi connectivity index (χ0v) is 13.0. The molecule has 2 aromatic rings. The van der Waals surface area contributed by atoms with Crippen LogP contribution < -0.4 is 5.73 Å². The van der Waals surface area contributed by atoms with Crippen LogP contribution in [-0.2, 0) is 4.74 Å². The van der Waals surface area contributed by atoms with E-state index in [0.717, 1.165) is 4.68 Å². The normalized spacial score (nSPS) is 26.7. The summed E-state index contributed by atoms with van der Waals surface area (Å²) in [6.45, 7) is -0.484. The second kappa shape index (κ2) is 6.46. The molecule has 1 fully saturated rings. The van der Waals surface area contributed by atoms with Crippen molar-refractivity contribution in [3.05, 3.63) is 35.1 Å². The SMILES string of the molecule is NC(=O)c1nc(-c2ccc(Cl)cc2)n([C@@H]2O[C@H](CO)[C@@H](O)[C@H]2O)n1. The average molecular weight is 355 g/mol. The minimum atomic E-state index is -1.37. The highest BCUT2D eigenvalue weighted by Crippen LogP contribution is 2.32. The Labute approximate surface area is 141 Å². The van der Waals surface area contributed by atoms with Crippen molar-refractivity contribution in [2.75, 3.05) is 6.61 Å². The number of aromatic nitrogens is 3. The van der Waals surface area contributed by atoms with Crippen LogP contribution in [0.3, 0.4) is 0 Å². The van der Waals surface area contributed by atoms with E-state index in [1.165, 1.54) is 0 Å². The molecule has 2 heterocycles. The third kappa shape index (κ3) is 2.87. The quantitative estimate of drug-likeness (QED) is 0.568. The maximum absolute atomic E-state index is 11.4. The highest BCUT2D eigenvalue weighted by molar-refractivity contribution is 6.30.